The molecule has 2 aromatic rings. The molecule has 3 rings (SSSR count). The number of urea groups is 1. The van der Waals surface area contributed by atoms with E-state index in [0.29, 0.717) is 16.2 Å². The normalized spacial score (nSPS) is 14.8. The van der Waals surface area contributed by atoms with Crippen molar-refractivity contribution >= 4 is 47.6 Å². The van der Waals surface area contributed by atoms with Gasteiger partial charge in [-0.25, -0.2) is 9.59 Å². The van der Waals surface area contributed by atoms with Gasteiger partial charge in [-0.05, 0) is 23.3 Å². The predicted molar refractivity (Wildman–Crippen MR) is 132 cm³/mol. The fraction of sp³-hybridized carbons (Fsp3) is 0.208. The van der Waals surface area contributed by atoms with Crippen LogP contribution < -0.4 is 21.4 Å². The van der Waals surface area contributed by atoms with E-state index in [2.05, 4.69) is 15.7 Å². The first-order chi connectivity index (χ1) is 18.1. The Morgan fingerprint density at radius 1 is 1.00 bits per heavy atom. The monoisotopic (exact) mass is 524 g/mol. The van der Waals surface area contributed by atoms with Gasteiger partial charge in [0.2, 0.25) is 11.8 Å². The van der Waals surface area contributed by atoms with Crippen molar-refractivity contribution in [1.82, 2.24) is 15.5 Å². The first-order valence-corrected chi connectivity index (χ1v) is 11.1. The molecule has 1 aliphatic heterocycles. The number of rotatable bonds is 11. The molecule has 1 aliphatic rings. The van der Waals surface area contributed by atoms with E-state index >= 15 is 0 Å². The first-order valence-electron chi connectivity index (χ1n) is 11.1. The second-order valence-electron chi connectivity index (χ2n) is 8.13. The number of carbonyl (C=O) groups is 6. The van der Waals surface area contributed by atoms with E-state index in [1.165, 1.54) is 18.3 Å². The number of anilines is 1. The Hall–Kier alpha value is -5.27. The molecule has 1 fully saturated rings. The summed E-state index contributed by atoms with van der Waals surface area (Å²) in [7, 11) is 0. The number of nitrogens with zero attached hydrogens (tertiary/aromatic N) is 3. The van der Waals surface area contributed by atoms with Crippen LogP contribution in [0, 0.1) is 0 Å². The van der Waals surface area contributed by atoms with E-state index < -0.39 is 60.7 Å². The second kappa shape index (κ2) is 12.1. The van der Waals surface area contributed by atoms with Crippen molar-refractivity contribution in [3.05, 3.63) is 65.7 Å². The van der Waals surface area contributed by atoms with Crippen LogP contribution in [0.25, 0.3) is 0 Å². The number of hydrogen-bond acceptors (Lipinski definition) is 8. The van der Waals surface area contributed by atoms with Gasteiger partial charge in [0.25, 0.3) is 5.91 Å². The van der Waals surface area contributed by atoms with Crippen LogP contribution >= 0.6 is 0 Å². The van der Waals surface area contributed by atoms with Crippen molar-refractivity contribution in [3.63, 3.8) is 0 Å². The number of aliphatic carboxylic acids is 2. The number of benzene rings is 2. The number of nitrogens with two attached hydrogens (primary N) is 1. The van der Waals surface area contributed by atoms with Crippen LogP contribution in [0.3, 0.4) is 0 Å². The Labute approximate surface area is 215 Å². The lowest BCUT2D eigenvalue weighted by molar-refractivity contribution is -0.143. The summed E-state index contributed by atoms with van der Waals surface area (Å²) < 4.78 is 0. The summed E-state index contributed by atoms with van der Waals surface area (Å²) in [6, 6.07) is 10.1. The number of imide groups is 1. The lowest BCUT2D eigenvalue weighted by Gasteiger charge is -2.22. The molecule has 0 aromatic heterocycles. The molecule has 6 N–H and O–H groups in total. The molecule has 0 radical (unpaired) electrons. The zero-order chi connectivity index (χ0) is 27.8. The third-order valence-electron chi connectivity index (χ3n) is 5.48. The van der Waals surface area contributed by atoms with Crippen LogP contribution in [0.2, 0.25) is 0 Å². The van der Waals surface area contributed by atoms with Gasteiger partial charge in [0.1, 0.15) is 19.1 Å². The molecular weight excluding hydrogens is 500 g/mol. The third kappa shape index (κ3) is 6.69. The molecule has 0 unspecified atom stereocenters. The topological polar surface area (TPSA) is 212 Å². The van der Waals surface area contributed by atoms with Crippen molar-refractivity contribution < 1.29 is 39.0 Å². The van der Waals surface area contributed by atoms with Crippen LogP contribution in [0.15, 0.2) is 59.7 Å². The molecule has 14 heteroatoms. The van der Waals surface area contributed by atoms with E-state index in [0.717, 1.165) is 4.90 Å². The number of amides is 5. The minimum atomic E-state index is -1.67. The number of hydrogen-bond donors (Lipinski definition) is 5. The minimum absolute atomic E-state index is 0.227. The van der Waals surface area contributed by atoms with Gasteiger partial charge >= 0.3 is 18.0 Å². The fourth-order valence-electron chi connectivity index (χ4n) is 3.67. The minimum Gasteiger partial charge on any atom is -0.481 e. The largest absolute Gasteiger partial charge is 0.481 e. The molecule has 2 aromatic carbocycles. The van der Waals surface area contributed by atoms with Gasteiger partial charge in [-0.15, -0.1) is 0 Å². The lowest BCUT2D eigenvalue weighted by Crippen LogP contribution is -2.52. The lowest BCUT2D eigenvalue weighted by atomic mass is 10.1. The van der Waals surface area contributed by atoms with Crippen LogP contribution in [0.1, 0.15) is 23.6 Å². The van der Waals surface area contributed by atoms with Gasteiger partial charge in [0, 0.05) is 5.69 Å². The Morgan fingerprint density at radius 2 is 1.66 bits per heavy atom. The van der Waals surface area contributed by atoms with E-state index in [9.17, 15) is 39.0 Å². The highest BCUT2D eigenvalue weighted by Crippen LogP contribution is 2.21. The number of nitrogens with one attached hydrogen (secondary N) is 2. The molecule has 0 aliphatic carbocycles. The Morgan fingerprint density at radius 3 is 2.24 bits per heavy atom. The molecule has 5 amide bonds. The molecule has 0 spiro atoms. The standard InChI is InChI=1S/C24H24N6O8/c25-26-11-14-6-8-16(9-7-14)29-13-19(32)30(24(29)38)12-18(31)27-17(10-20(33)34)22(35)28-21(23(36)37)15-4-2-1-3-5-15/h1-9,11,17,21H,10,12-13,25H2,(H,27,31)(H,28,35)(H,33,34)(H,36,37)/t17-,21-/m0/s1. The summed E-state index contributed by atoms with van der Waals surface area (Å²) in [5.41, 5.74) is 1.26. The quantitative estimate of drug-likeness (QED) is 0.112. The highest BCUT2D eigenvalue weighted by Gasteiger charge is 2.39. The molecule has 14 nitrogen and oxygen atoms in total. The van der Waals surface area contributed by atoms with Crippen LogP contribution in [0.5, 0.6) is 0 Å². The summed E-state index contributed by atoms with van der Waals surface area (Å²) >= 11 is 0. The van der Waals surface area contributed by atoms with Crippen molar-refractivity contribution in [3.8, 4) is 0 Å². The summed E-state index contributed by atoms with van der Waals surface area (Å²) in [6.07, 6.45) is 0.519. The summed E-state index contributed by atoms with van der Waals surface area (Å²) in [6.45, 7) is -1.12. The molecule has 38 heavy (non-hydrogen) atoms. The maximum atomic E-state index is 12.8. The van der Waals surface area contributed by atoms with Crippen molar-refractivity contribution in [2.24, 2.45) is 10.9 Å². The molecule has 0 bridgehead atoms. The van der Waals surface area contributed by atoms with Crippen molar-refractivity contribution in [2.45, 2.75) is 18.5 Å². The molecule has 1 heterocycles. The molecular formula is C24H24N6O8. The number of carboxylic acids is 2. The maximum Gasteiger partial charge on any atom is 0.332 e. The zero-order valence-corrected chi connectivity index (χ0v) is 19.8. The average Bonchev–Trinajstić information content (AvgIpc) is 3.15. The van der Waals surface area contributed by atoms with Gasteiger partial charge in [-0.3, -0.25) is 29.0 Å². The van der Waals surface area contributed by atoms with Crippen molar-refractivity contribution in [1.29, 1.82) is 0 Å². The van der Waals surface area contributed by atoms with Gasteiger partial charge in [-0.2, -0.15) is 5.10 Å². The summed E-state index contributed by atoms with van der Waals surface area (Å²) in [5.74, 6) is -0.494. The van der Waals surface area contributed by atoms with Gasteiger partial charge in [-0.1, -0.05) is 42.5 Å². The Bertz CT molecular complexity index is 1260. The van der Waals surface area contributed by atoms with E-state index in [4.69, 9.17) is 5.84 Å². The van der Waals surface area contributed by atoms with Gasteiger partial charge in [0.05, 0.1) is 12.6 Å². The summed E-state index contributed by atoms with van der Waals surface area (Å²) in [5, 5.41) is 26.5. The van der Waals surface area contributed by atoms with E-state index in [-0.39, 0.29) is 12.1 Å². The second-order valence-corrected chi connectivity index (χ2v) is 8.13. The highest BCUT2D eigenvalue weighted by molar-refractivity contribution is 6.13. The molecule has 2 atom stereocenters. The number of carboxylic acid groups (broad SMARTS) is 2. The highest BCUT2D eigenvalue weighted by atomic mass is 16.4. The predicted octanol–water partition coefficient (Wildman–Crippen LogP) is -0.351. The molecule has 1 saturated heterocycles. The number of hydrazone groups is 1. The number of carbonyl (C=O) groups excluding carboxylic acids is 4. The smallest absolute Gasteiger partial charge is 0.332 e. The van der Waals surface area contributed by atoms with Crippen molar-refractivity contribution in [2.75, 3.05) is 18.0 Å². The summed E-state index contributed by atoms with van der Waals surface area (Å²) in [4.78, 5) is 75.4. The Kier molecular flexibility index (Phi) is 8.71. The molecule has 0 saturated carbocycles. The van der Waals surface area contributed by atoms with Gasteiger partial charge < -0.3 is 26.7 Å². The maximum absolute atomic E-state index is 12.8. The molecule has 198 valence electrons. The SMILES string of the molecule is NN=Cc1ccc(N2CC(=O)N(CC(=O)N[C@@H](CC(=O)O)C(=O)N[C@H](C(=O)O)c3ccccc3)C2=O)cc1. The average molecular weight is 524 g/mol. The fourth-order valence-corrected chi connectivity index (χ4v) is 3.67. The van der Waals surface area contributed by atoms with Crippen LogP contribution in [0.4, 0.5) is 10.5 Å². The third-order valence-corrected chi connectivity index (χ3v) is 5.48. The van der Waals surface area contributed by atoms with E-state index in [1.807, 2.05) is 0 Å². The Balaban J connectivity index is 1.68. The van der Waals surface area contributed by atoms with Gasteiger partial charge in [0.15, 0.2) is 6.04 Å². The van der Waals surface area contributed by atoms with Crippen LogP contribution in [-0.2, 0) is 24.0 Å². The van der Waals surface area contributed by atoms with E-state index in [1.54, 1.807) is 42.5 Å². The van der Waals surface area contributed by atoms with Crippen LogP contribution in [-0.4, -0.2) is 76.2 Å². The first kappa shape index (κ1) is 27.3. The zero-order valence-electron chi connectivity index (χ0n) is 19.8.